The van der Waals surface area contributed by atoms with Crippen LogP contribution in [-0.4, -0.2) is 31.9 Å². The summed E-state index contributed by atoms with van der Waals surface area (Å²) in [6, 6.07) is 14.8. The van der Waals surface area contributed by atoms with Crippen LogP contribution in [0.25, 0.3) is 0 Å². The topological polar surface area (TPSA) is 68.8 Å². The van der Waals surface area contributed by atoms with Gasteiger partial charge in [-0.1, -0.05) is 30.3 Å². The van der Waals surface area contributed by atoms with Gasteiger partial charge in [0.25, 0.3) is 0 Å². The second kappa shape index (κ2) is 9.43. The van der Waals surface area contributed by atoms with Crippen LogP contribution in [0.3, 0.4) is 0 Å². The smallest absolute Gasteiger partial charge is 0.338 e. The molecule has 6 nitrogen and oxygen atoms in total. The molecule has 7 heteroatoms. The molecule has 29 heavy (non-hydrogen) atoms. The molecule has 1 atom stereocenters. The number of thiocarbonyl (C=S) groups is 1. The van der Waals surface area contributed by atoms with Crippen molar-refractivity contribution in [3.8, 4) is 11.5 Å². The Bertz CT molecular complexity index is 928. The van der Waals surface area contributed by atoms with Gasteiger partial charge in [0, 0.05) is 17.7 Å². The number of allylic oxidation sites excluding steroid dienone is 1. The van der Waals surface area contributed by atoms with E-state index in [0.717, 1.165) is 11.1 Å². The molecule has 1 aliphatic rings. The summed E-state index contributed by atoms with van der Waals surface area (Å²) in [5.74, 6) is 0.868. The number of nitrogens with one attached hydrogen (secondary N) is 2. The molecular formula is C22H24N2O4S. The minimum absolute atomic E-state index is 0.284. The standard InChI is InChI=1S/C22H24N2O4S/c1-14-19(21(25)28-12-11-15-7-5-4-6-8-15)20(24-22(29)23-14)17-13-16(26-2)9-10-18(17)27-3/h4-10,13,20H,11-12H2,1-3H3,(H2,23,24,29)/t20-/m1/s1. The summed E-state index contributed by atoms with van der Waals surface area (Å²) in [5, 5.41) is 6.59. The summed E-state index contributed by atoms with van der Waals surface area (Å²) in [7, 11) is 3.17. The zero-order valence-corrected chi connectivity index (χ0v) is 17.5. The molecule has 2 aromatic rings. The van der Waals surface area contributed by atoms with E-state index in [1.807, 2.05) is 36.4 Å². The van der Waals surface area contributed by atoms with E-state index in [1.165, 1.54) is 0 Å². The van der Waals surface area contributed by atoms with Crippen LogP contribution in [0.15, 0.2) is 59.8 Å². The van der Waals surface area contributed by atoms with E-state index in [1.54, 1.807) is 33.3 Å². The van der Waals surface area contributed by atoms with Crippen molar-refractivity contribution in [2.45, 2.75) is 19.4 Å². The molecule has 0 radical (unpaired) electrons. The number of ether oxygens (including phenoxy) is 3. The van der Waals surface area contributed by atoms with E-state index in [4.69, 9.17) is 26.4 Å². The fourth-order valence-corrected chi connectivity index (χ4v) is 3.52. The molecule has 0 fully saturated rings. The van der Waals surface area contributed by atoms with Gasteiger partial charge in [-0.3, -0.25) is 0 Å². The van der Waals surface area contributed by atoms with Crippen molar-refractivity contribution < 1.29 is 19.0 Å². The molecule has 2 N–H and O–H groups in total. The van der Waals surface area contributed by atoms with Gasteiger partial charge in [-0.25, -0.2) is 4.79 Å². The first kappa shape index (κ1) is 20.7. The second-order valence-corrected chi connectivity index (χ2v) is 6.96. The molecule has 1 heterocycles. The third kappa shape index (κ3) is 4.86. The van der Waals surface area contributed by atoms with Gasteiger partial charge in [-0.05, 0) is 42.9 Å². The van der Waals surface area contributed by atoms with Crippen molar-refractivity contribution in [1.29, 1.82) is 0 Å². The highest BCUT2D eigenvalue weighted by atomic mass is 32.1. The van der Waals surface area contributed by atoms with Crippen LogP contribution < -0.4 is 20.1 Å². The Morgan fingerprint density at radius 3 is 2.55 bits per heavy atom. The first-order valence-corrected chi connectivity index (χ1v) is 9.65. The zero-order valence-electron chi connectivity index (χ0n) is 16.7. The Balaban J connectivity index is 1.85. The van der Waals surface area contributed by atoms with E-state index >= 15 is 0 Å². The predicted molar refractivity (Wildman–Crippen MR) is 115 cm³/mol. The van der Waals surface area contributed by atoms with Gasteiger partial charge >= 0.3 is 5.97 Å². The minimum atomic E-state index is -0.516. The number of esters is 1. The number of methoxy groups -OCH3 is 2. The third-order valence-corrected chi connectivity index (χ3v) is 4.92. The quantitative estimate of drug-likeness (QED) is 0.534. The van der Waals surface area contributed by atoms with E-state index in [-0.39, 0.29) is 6.61 Å². The summed E-state index contributed by atoms with van der Waals surface area (Å²) in [5.41, 5.74) is 2.95. The van der Waals surface area contributed by atoms with Gasteiger partial charge in [0.15, 0.2) is 5.11 Å². The fraction of sp³-hybridized carbons (Fsp3) is 0.273. The zero-order chi connectivity index (χ0) is 20.8. The molecule has 152 valence electrons. The average Bonchev–Trinajstić information content (AvgIpc) is 2.73. The van der Waals surface area contributed by atoms with Gasteiger partial charge in [0.05, 0.1) is 32.4 Å². The molecule has 0 saturated carbocycles. The van der Waals surface area contributed by atoms with Crippen LogP contribution in [0.5, 0.6) is 11.5 Å². The maximum atomic E-state index is 13.0. The molecule has 0 bridgehead atoms. The van der Waals surface area contributed by atoms with Crippen LogP contribution in [0.4, 0.5) is 0 Å². The van der Waals surface area contributed by atoms with Gasteiger partial charge in [0.2, 0.25) is 0 Å². The fourth-order valence-electron chi connectivity index (χ4n) is 3.25. The maximum absolute atomic E-state index is 13.0. The number of carbonyl (C=O) groups is 1. The number of benzene rings is 2. The lowest BCUT2D eigenvalue weighted by Crippen LogP contribution is -2.45. The Labute approximate surface area is 175 Å². The Hall–Kier alpha value is -3.06. The number of hydrogen-bond donors (Lipinski definition) is 2. The molecule has 0 aliphatic carbocycles. The van der Waals surface area contributed by atoms with Crippen LogP contribution in [0.1, 0.15) is 24.1 Å². The monoisotopic (exact) mass is 412 g/mol. The Morgan fingerprint density at radius 1 is 1.10 bits per heavy atom. The highest BCUT2D eigenvalue weighted by Crippen LogP contribution is 2.35. The largest absolute Gasteiger partial charge is 0.497 e. The van der Waals surface area contributed by atoms with Crippen molar-refractivity contribution in [3.05, 3.63) is 70.9 Å². The molecule has 0 spiro atoms. The minimum Gasteiger partial charge on any atom is -0.497 e. The molecule has 0 unspecified atom stereocenters. The summed E-state index contributed by atoms with van der Waals surface area (Å²) < 4.78 is 16.4. The van der Waals surface area contributed by atoms with Crippen LogP contribution in [-0.2, 0) is 16.0 Å². The van der Waals surface area contributed by atoms with Crippen molar-refractivity contribution >= 4 is 23.3 Å². The van der Waals surface area contributed by atoms with Gasteiger partial charge in [0.1, 0.15) is 11.5 Å². The second-order valence-electron chi connectivity index (χ2n) is 6.55. The lowest BCUT2D eigenvalue weighted by atomic mass is 9.94. The predicted octanol–water partition coefficient (Wildman–Crippen LogP) is 3.28. The SMILES string of the molecule is COc1ccc(OC)c([C@H]2NC(=S)NC(C)=C2C(=O)OCCc2ccccc2)c1. The molecular weight excluding hydrogens is 388 g/mol. The van der Waals surface area contributed by atoms with Gasteiger partial charge in [-0.2, -0.15) is 0 Å². The highest BCUT2D eigenvalue weighted by molar-refractivity contribution is 7.80. The molecule has 3 rings (SSSR count). The lowest BCUT2D eigenvalue weighted by molar-refractivity contribution is -0.139. The van der Waals surface area contributed by atoms with Gasteiger partial charge < -0.3 is 24.8 Å². The average molecular weight is 413 g/mol. The molecule has 0 aromatic heterocycles. The van der Waals surface area contributed by atoms with Crippen molar-refractivity contribution in [1.82, 2.24) is 10.6 Å². The van der Waals surface area contributed by atoms with Crippen molar-refractivity contribution in [2.75, 3.05) is 20.8 Å². The van der Waals surface area contributed by atoms with Crippen molar-refractivity contribution in [2.24, 2.45) is 0 Å². The van der Waals surface area contributed by atoms with Crippen LogP contribution >= 0.6 is 12.2 Å². The molecule has 2 aromatic carbocycles. The summed E-state index contributed by atoms with van der Waals surface area (Å²) in [6.07, 6.45) is 0.644. The molecule has 0 saturated heterocycles. The molecule has 0 amide bonds. The van der Waals surface area contributed by atoms with Crippen LogP contribution in [0.2, 0.25) is 0 Å². The highest BCUT2D eigenvalue weighted by Gasteiger charge is 2.33. The van der Waals surface area contributed by atoms with E-state index in [9.17, 15) is 4.79 Å². The first-order chi connectivity index (χ1) is 14.0. The van der Waals surface area contributed by atoms with Crippen LogP contribution in [0, 0.1) is 0 Å². The summed E-state index contributed by atoms with van der Waals surface area (Å²) in [6.45, 7) is 2.09. The van der Waals surface area contributed by atoms with E-state index in [2.05, 4.69) is 10.6 Å². The normalized spacial score (nSPS) is 16.0. The van der Waals surface area contributed by atoms with E-state index < -0.39 is 12.0 Å². The summed E-state index contributed by atoms with van der Waals surface area (Å²) >= 11 is 5.31. The maximum Gasteiger partial charge on any atom is 0.338 e. The lowest BCUT2D eigenvalue weighted by Gasteiger charge is -2.30. The van der Waals surface area contributed by atoms with Crippen molar-refractivity contribution in [3.63, 3.8) is 0 Å². The number of carbonyl (C=O) groups excluding carboxylic acids is 1. The summed E-state index contributed by atoms with van der Waals surface area (Å²) in [4.78, 5) is 13.0. The van der Waals surface area contributed by atoms with Gasteiger partial charge in [-0.15, -0.1) is 0 Å². The molecule has 1 aliphatic heterocycles. The Morgan fingerprint density at radius 2 is 1.86 bits per heavy atom. The number of rotatable bonds is 7. The number of hydrogen-bond acceptors (Lipinski definition) is 5. The first-order valence-electron chi connectivity index (χ1n) is 9.24. The van der Waals surface area contributed by atoms with E-state index in [0.29, 0.717) is 34.3 Å². The third-order valence-electron chi connectivity index (χ3n) is 4.70. The Kier molecular flexibility index (Phi) is 6.72.